The molecule has 15 amide bonds. The number of aliphatic imine (C=N–C) groups is 2. The first kappa shape index (κ1) is 96.8. The van der Waals surface area contributed by atoms with Crippen LogP contribution in [0.1, 0.15) is 89.3 Å². The van der Waals surface area contributed by atoms with E-state index in [1.54, 1.807) is 0 Å². The van der Waals surface area contributed by atoms with Crippen LogP contribution >= 0.6 is 50.5 Å². The third-order valence-corrected chi connectivity index (χ3v) is 18.4. The maximum absolute atomic E-state index is 14.6. The van der Waals surface area contributed by atoms with Crippen molar-refractivity contribution in [1.82, 2.24) is 84.0 Å². The minimum atomic E-state index is -1.73. The van der Waals surface area contributed by atoms with E-state index in [-0.39, 0.29) is 131 Å². The van der Waals surface area contributed by atoms with Gasteiger partial charge in [0.1, 0.15) is 84.3 Å². The molecule has 1 saturated heterocycles. The lowest BCUT2D eigenvalue weighted by Crippen LogP contribution is -2.61. The van der Waals surface area contributed by atoms with Gasteiger partial charge in [-0.05, 0) is 95.9 Å². The van der Waals surface area contributed by atoms with Crippen LogP contribution in [-0.2, 0) is 89.6 Å². The molecule has 31 N–H and O–H groups in total. The Kier molecular flexibility index (Phi) is 43.3. The Morgan fingerprint density at radius 2 is 0.973 bits per heavy atom. The van der Waals surface area contributed by atoms with Crippen molar-refractivity contribution >= 4 is 157 Å². The Bertz CT molecular complexity index is 3640. The van der Waals surface area contributed by atoms with Gasteiger partial charge in [0.05, 0.1) is 31.9 Å². The number of benzene rings is 1. The van der Waals surface area contributed by atoms with Gasteiger partial charge in [-0.2, -0.15) is 50.5 Å². The second-order valence-corrected chi connectivity index (χ2v) is 27.4. The predicted octanol–water partition coefficient (Wildman–Crippen LogP) is -10.9. The number of phenolic OH excluding ortho intramolecular Hbond substituents is 1. The number of thiol groups is 4. The number of carboxylic acid groups (broad SMARTS) is 1. The number of hydrogen-bond donors (Lipinski definition) is 28. The Hall–Kier alpha value is -10.4. The number of aromatic hydroxyl groups is 1. The van der Waals surface area contributed by atoms with Crippen molar-refractivity contribution in [2.75, 3.05) is 62.3 Å². The minimum absolute atomic E-state index is 0.00850. The molecule has 1 aromatic carbocycles. The monoisotopic (exact) mass is 1670 g/mol. The van der Waals surface area contributed by atoms with Gasteiger partial charge in [0.2, 0.25) is 88.6 Å². The summed E-state index contributed by atoms with van der Waals surface area (Å²) in [5, 5.41) is 61.3. The van der Waals surface area contributed by atoms with Gasteiger partial charge < -0.3 is 134 Å². The van der Waals surface area contributed by atoms with Gasteiger partial charge in [0.15, 0.2) is 11.9 Å². The molecule has 44 nitrogen and oxygen atoms in total. The number of amides is 15. The van der Waals surface area contributed by atoms with Crippen LogP contribution in [0.25, 0.3) is 0 Å². The van der Waals surface area contributed by atoms with Gasteiger partial charge in [0.25, 0.3) is 0 Å². The van der Waals surface area contributed by atoms with Gasteiger partial charge in [-0.1, -0.05) is 12.1 Å². The quantitative estimate of drug-likeness (QED) is 0.0127. The molecule has 0 unspecified atom stereocenters. The summed E-state index contributed by atoms with van der Waals surface area (Å²) in [6.45, 7) is 0.957. The van der Waals surface area contributed by atoms with Crippen LogP contribution in [-0.4, -0.2) is 284 Å². The number of carbonyl (C=O) groups is 16. The topological polar surface area (TPSA) is 729 Å². The highest BCUT2D eigenvalue weighted by atomic mass is 32.1. The smallest absolute Gasteiger partial charge is 0.327 e. The lowest BCUT2D eigenvalue weighted by molar-refractivity contribution is -0.142. The van der Waals surface area contributed by atoms with Gasteiger partial charge in [-0.3, -0.25) is 81.9 Å². The lowest BCUT2D eigenvalue weighted by Gasteiger charge is -2.30. The summed E-state index contributed by atoms with van der Waals surface area (Å²) in [4.78, 5) is 232. The number of carboxylic acids is 1. The minimum Gasteiger partial charge on any atom is -0.508 e. The molecule has 0 aliphatic carbocycles. The van der Waals surface area contributed by atoms with Crippen LogP contribution in [0.2, 0.25) is 0 Å². The van der Waals surface area contributed by atoms with Crippen LogP contribution < -0.4 is 109 Å². The molecular formula is C65H105N25O19S4. The molecule has 0 bridgehead atoms. The highest BCUT2D eigenvalue weighted by molar-refractivity contribution is 7.80. The molecule has 48 heteroatoms. The molecule has 3 rings (SSSR count). The van der Waals surface area contributed by atoms with Crippen LogP contribution in [0.3, 0.4) is 0 Å². The van der Waals surface area contributed by atoms with E-state index in [1.165, 1.54) is 55.5 Å². The number of hydrogen-bond acceptors (Lipinski definition) is 27. The number of nitrogens with zero attached hydrogens (tertiary/aromatic N) is 4. The average Bonchev–Trinajstić information content (AvgIpc) is 1.73. The van der Waals surface area contributed by atoms with E-state index in [0.717, 1.165) is 0 Å². The molecule has 2 heterocycles. The molecular weight excluding hydrogens is 1560 g/mol. The molecule has 0 radical (unpaired) electrons. The van der Waals surface area contributed by atoms with Crippen molar-refractivity contribution in [3.63, 3.8) is 0 Å². The first-order chi connectivity index (χ1) is 53.5. The Labute approximate surface area is 671 Å². The number of aliphatic hydroxyl groups excluding tert-OH is 1. The number of aliphatic hydroxyl groups is 1. The number of likely N-dealkylation sites (tertiary alicyclic amines) is 1. The first-order valence-corrected chi connectivity index (χ1v) is 38.1. The Morgan fingerprint density at radius 1 is 0.540 bits per heavy atom. The van der Waals surface area contributed by atoms with E-state index in [2.05, 4.69) is 140 Å². The van der Waals surface area contributed by atoms with Crippen molar-refractivity contribution < 1.29 is 92.0 Å². The number of imidazole rings is 1. The second kappa shape index (κ2) is 50.5. The first-order valence-electron chi connectivity index (χ1n) is 35.6. The molecule has 1 aliphatic rings. The molecule has 2 aromatic rings. The van der Waals surface area contributed by atoms with E-state index in [1.807, 2.05) is 0 Å². The Balaban J connectivity index is 1.77. The molecule has 628 valence electrons. The van der Waals surface area contributed by atoms with Crippen molar-refractivity contribution in [2.45, 2.75) is 175 Å². The van der Waals surface area contributed by atoms with E-state index < -0.39 is 199 Å². The van der Waals surface area contributed by atoms with E-state index >= 15 is 0 Å². The number of carbonyl (C=O) groups excluding carboxylic acids is 15. The van der Waals surface area contributed by atoms with E-state index in [0.29, 0.717) is 17.7 Å². The Morgan fingerprint density at radius 3 is 1.46 bits per heavy atom. The van der Waals surface area contributed by atoms with Crippen LogP contribution in [0.4, 0.5) is 0 Å². The second-order valence-electron chi connectivity index (χ2n) is 25.9. The number of H-pyrrole nitrogens is 1. The third kappa shape index (κ3) is 34.6. The zero-order valence-electron chi connectivity index (χ0n) is 62.1. The zero-order valence-corrected chi connectivity index (χ0v) is 65.7. The number of primary amides is 1. The van der Waals surface area contributed by atoms with E-state index in [9.17, 15) is 92.0 Å². The number of rotatable bonds is 51. The highest BCUT2D eigenvalue weighted by Crippen LogP contribution is 2.21. The number of nitrogens with one attached hydrogen (secondary N) is 14. The van der Waals surface area contributed by atoms with Gasteiger partial charge in [-0.25, -0.2) is 9.78 Å². The third-order valence-electron chi connectivity index (χ3n) is 16.9. The van der Waals surface area contributed by atoms with Crippen LogP contribution in [0.5, 0.6) is 5.75 Å². The van der Waals surface area contributed by atoms with Crippen molar-refractivity contribution in [3.8, 4) is 5.75 Å². The summed E-state index contributed by atoms with van der Waals surface area (Å²) in [5.74, 6) is -17.5. The molecule has 0 spiro atoms. The van der Waals surface area contributed by atoms with Gasteiger partial charge in [-0.15, -0.1) is 0 Å². The van der Waals surface area contributed by atoms with Gasteiger partial charge >= 0.3 is 5.97 Å². The highest BCUT2D eigenvalue weighted by Gasteiger charge is 2.41. The summed E-state index contributed by atoms with van der Waals surface area (Å²) >= 11 is 16.6. The van der Waals surface area contributed by atoms with Crippen LogP contribution in [0.15, 0.2) is 46.8 Å². The summed E-state index contributed by atoms with van der Waals surface area (Å²) in [7, 11) is 0. The van der Waals surface area contributed by atoms with E-state index in [4.69, 9.17) is 40.1 Å². The number of phenols is 1. The standard InChI is InChI=1S/C65H105N25O19S4/c1-31(50(95)81-39(10-6-18-75-65(71)72)54(99)82-38(8-3-4-16-66)55(100)83-40(20-33-12-14-35(92)15-13-33)56(101)85-42(25-91)57(102)89-46(29-113)63(108)109)78-58(103)43(26-110)86-51(96)32(2)79-61(106)47-11-7-19-90(47)62(107)41(21-34-23-73-30-77-34)84-59(104)44(27-111)88-60(105)45(28-112)87-53(98)37(9-5-17-74-64(69)70)80-49(94)24-76-52(97)36(67)22-48(68)93/h12-15,23,30-32,36-47,91-92,110-113H,3-11,16-22,24-29,66-67H2,1-2H3,(H2,68,93)(H,73,77)(H,76,97)(H,78,103)(H,79,106)(H,80,94)(H,81,95)(H,82,99)(H,83,100)(H,84,104)(H,85,101)(H,86,96)(H,87,98)(H,88,105)(H,89,102)(H,108,109)(H4,69,70,74)(H4,71,72,75)/t31-,32-,36-,37-,38-,39-,40-,41-,42-,43-,44-,45-,46-,47-/m0/s1. The summed E-state index contributed by atoms with van der Waals surface area (Å²) in [6, 6.07) is -15.0. The molecule has 1 fully saturated rings. The largest absolute Gasteiger partial charge is 0.508 e. The predicted molar refractivity (Wildman–Crippen MR) is 421 cm³/mol. The normalized spacial score (nSPS) is 15.8. The van der Waals surface area contributed by atoms with Crippen molar-refractivity contribution in [1.29, 1.82) is 0 Å². The maximum atomic E-state index is 14.6. The molecule has 0 saturated carbocycles. The fraction of sp³-hybridized carbons (Fsp3) is 0.585. The van der Waals surface area contributed by atoms with Crippen molar-refractivity contribution in [3.05, 3.63) is 48.0 Å². The SMILES string of the molecule is C[C@H](NC(=O)[C@H](CS)NC(=O)[C@H](C)NC(=O)[C@@H]1CCCN1C(=O)[C@H](Cc1cnc[nH]1)NC(=O)[C@H](CS)NC(=O)[C@H](CS)NC(=O)[C@H](CCCN=C(N)N)NC(=O)CNC(=O)[C@@H](N)CC(N)=O)C(=O)N[C@@H](CCCN=C(N)N)C(=O)N[C@@H](CCCCN)C(=O)N[C@@H](Cc1ccc(O)cc1)C(=O)N[C@@H](CO)C(=O)N[C@@H](CS)C(=O)O. The molecule has 113 heavy (non-hydrogen) atoms. The number of unbranched alkanes of at least 4 members (excludes halogenated alkanes) is 1. The molecule has 1 aliphatic heterocycles. The molecule has 1 aromatic heterocycles. The summed E-state index contributed by atoms with van der Waals surface area (Å²) in [6.07, 6.45) is 2.41. The fourth-order valence-electron chi connectivity index (χ4n) is 10.8. The van der Waals surface area contributed by atoms with Crippen molar-refractivity contribution in [2.24, 2.45) is 50.1 Å². The number of aromatic amines is 1. The summed E-state index contributed by atoms with van der Waals surface area (Å²) in [5.41, 5.74) is 39.1. The number of nitrogens with two attached hydrogens (primary N) is 7. The zero-order chi connectivity index (χ0) is 84.6. The average molecular weight is 1670 g/mol. The number of aliphatic carboxylic acids is 1. The van der Waals surface area contributed by atoms with Crippen LogP contribution in [0, 0.1) is 0 Å². The lowest BCUT2D eigenvalue weighted by atomic mass is 10.0. The number of guanidine groups is 2. The fourth-order valence-corrected chi connectivity index (χ4v) is 11.8. The molecule has 14 atom stereocenters. The summed E-state index contributed by atoms with van der Waals surface area (Å²) < 4.78 is 0. The van der Waals surface area contributed by atoms with Gasteiger partial charge in [0, 0.05) is 67.4 Å². The number of aromatic nitrogens is 2. The maximum Gasteiger partial charge on any atom is 0.327 e.